The zero-order valence-electron chi connectivity index (χ0n) is 18.0. The van der Waals surface area contributed by atoms with E-state index in [2.05, 4.69) is 4.72 Å². The van der Waals surface area contributed by atoms with E-state index in [0.717, 1.165) is 0 Å². The fraction of sp³-hybridized carbons (Fsp3) is 0.318. The van der Waals surface area contributed by atoms with Crippen molar-refractivity contribution in [1.82, 2.24) is 9.03 Å². The molecule has 2 N–H and O–H groups in total. The second kappa shape index (κ2) is 11.2. The van der Waals surface area contributed by atoms with Crippen molar-refractivity contribution in [3.05, 3.63) is 70.7 Å². The van der Waals surface area contributed by atoms with Crippen LogP contribution < -0.4 is 4.72 Å². The van der Waals surface area contributed by atoms with Crippen molar-refractivity contribution >= 4 is 49.2 Å². The lowest BCUT2D eigenvalue weighted by Crippen LogP contribution is -2.39. The first kappa shape index (κ1) is 26.7. The highest BCUT2D eigenvalue weighted by molar-refractivity contribution is 7.89. The van der Waals surface area contributed by atoms with Gasteiger partial charge < -0.3 is 5.11 Å². The van der Waals surface area contributed by atoms with Gasteiger partial charge in [0.1, 0.15) is 0 Å². The average Bonchev–Trinajstić information content (AvgIpc) is 3.16. The molecule has 1 aliphatic heterocycles. The summed E-state index contributed by atoms with van der Waals surface area (Å²) in [5.41, 5.74) is 0. The molecule has 2 atom stereocenters. The standard InChI is InChI=1S/C22H24Cl2N2O6S2/c23-16-6-10-20(11-7-16)33(29,30)25-18-14-19(4-2-1-3-5-22(27)28)26(15-18)34(31,32)21-12-8-17(24)9-13-21/h2,4,6-13,18-19,25H,1,3,5,14-15H2,(H,27,28)/t18-,19-/m1/s1. The van der Waals surface area contributed by atoms with Crippen LogP contribution in [0.5, 0.6) is 0 Å². The molecule has 1 aliphatic rings. The Morgan fingerprint density at radius 2 is 1.56 bits per heavy atom. The molecule has 1 saturated heterocycles. The van der Waals surface area contributed by atoms with Crippen molar-refractivity contribution in [3.63, 3.8) is 0 Å². The molecule has 8 nitrogen and oxygen atoms in total. The highest BCUT2D eigenvalue weighted by Crippen LogP contribution is 2.29. The Hall–Kier alpha value is -1.95. The molecule has 184 valence electrons. The molecule has 0 amide bonds. The van der Waals surface area contributed by atoms with Crippen LogP contribution >= 0.6 is 23.2 Å². The number of nitrogens with zero attached hydrogens (tertiary/aromatic N) is 1. The summed E-state index contributed by atoms with van der Waals surface area (Å²) in [5, 5.41) is 9.57. The maximum atomic E-state index is 13.3. The summed E-state index contributed by atoms with van der Waals surface area (Å²) < 4.78 is 56.1. The molecular formula is C22H24Cl2N2O6S2. The predicted octanol–water partition coefficient (Wildman–Crippen LogP) is 3.91. The van der Waals surface area contributed by atoms with Gasteiger partial charge in [-0.3, -0.25) is 4.79 Å². The molecule has 0 bridgehead atoms. The minimum Gasteiger partial charge on any atom is -0.481 e. The molecule has 0 aromatic heterocycles. The van der Waals surface area contributed by atoms with Gasteiger partial charge in [-0.25, -0.2) is 21.6 Å². The number of rotatable bonds is 10. The predicted molar refractivity (Wildman–Crippen MR) is 130 cm³/mol. The van der Waals surface area contributed by atoms with Crippen LogP contribution in [0.1, 0.15) is 25.7 Å². The number of halogens is 2. The maximum absolute atomic E-state index is 13.3. The minimum absolute atomic E-state index is 0.00527. The van der Waals surface area contributed by atoms with E-state index in [1.807, 2.05) is 0 Å². The van der Waals surface area contributed by atoms with Crippen molar-refractivity contribution in [3.8, 4) is 0 Å². The molecule has 34 heavy (non-hydrogen) atoms. The largest absolute Gasteiger partial charge is 0.481 e. The number of nitrogens with one attached hydrogen (secondary N) is 1. The van der Waals surface area contributed by atoms with Gasteiger partial charge in [0.05, 0.1) is 9.79 Å². The van der Waals surface area contributed by atoms with Gasteiger partial charge in [0.2, 0.25) is 20.0 Å². The van der Waals surface area contributed by atoms with Crippen LogP contribution in [0.4, 0.5) is 0 Å². The quantitative estimate of drug-likeness (QED) is 0.344. The number of hydrogen-bond acceptors (Lipinski definition) is 5. The second-order valence-electron chi connectivity index (χ2n) is 7.82. The molecule has 12 heteroatoms. The highest BCUT2D eigenvalue weighted by atomic mass is 35.5. The third-order valence-electron chi connectivity index (χ3n) is 5.28. The molecule has 0 spiro atoms. The SMILES string of the molecule is O=C(O)CCCC=C[C@@H]1C[C@@H](NS(=O)(=O)c2ccc(Cl)cc2)CN1S(=O)(=O)c1ccc(Cl)cc1. The van der Waals surface area contributed by atoms with E-state index in [1.165, 1.54) is 52.8 Å². The van der Waals surface area contributed by atoms with Crippen LogP contribution in [0, 0.1) is 0 Å². The van der Waals surface area contributed by atoms with E-state index in [4.69, 9.17) is 28.3 Å². The van der Waals surface area contributed by atoms with Gasteiger partial charge in [-0.05, 0) is 67.8 Å². The van der Waals surface area contributed by atoms with Crippen LogP contribution in [-0.2, 0) is 24.8 Å². The van der Waals surface area contributed by atoms with E-state index in [0.29, 0.717) is 22.9 Å². The monoisotopic (exact) mass is 546 g/mol. The zero-order chi connectivity index (χ0) is 24.9. The van der Waals surface area contributed by atoms with Crippen LogP contribution in [0.15, 0.2) is 70.5 Å². The highest BCUT2D eigenvalue weighted by Gasteiger charge is 2.40. The van der Waals surface area contributed by atoms with Crippen molar-refractivity contribution in [2.45, 2.75) is 47.6 Å². The summed E-state index contributed by atoms with van der Waals surface area (Å²) in [4.78, 5) is 10.8. The second-order valence-corrected chi connectivity index (χ2v) is 12.3. The van der Waals surface area contributed by atoms with Crippen LogP contribution in [0.3, 0.4) is 0 Å². The van der Waals surface area contributed by atoms with Crippen LogP contribution in [0.25, 0.3) is 0 Å². The summed E-state index contributed by atoms with van der Waals surface area (Å²) >= 11 is 11.7. The number of allylic oxidation sites excluding steroid dienone is 1. The Kier molecular flexibility index (Phi) is 8.77. The molecular weight excluding hydrogens is 523 g/mol. The molecule has 0 aliphatic carbocycles. The van der Waals surface area contributed by atoms with Gasteiger partial charge in [0.15, 0.2) is 0 Å². The lowest BCUT2D eigenvalue weighted by molar-refractivity contribution is -0.137. The first-order valence-corrected chi connectivity index (χ1v) is 14.1. The normalized spacial score (nSPS) is 19.6. The summed E-state index contributed by atoms with van der Waals surface area (Å²) in [7, 11) is -7.84. The summed E-state index contributed by atoms with van der Waals surface area (Å²) in [6.07, 6.45) is 4.51. The summed E-state index contributed by atoms with van der Waals surface area (Å²) in [6.45, 7) is -0.0675. The van der Waals surface area contributed by atoms with Crippen LogP contribution in [-0.4, -0.2) is 50.8 Å². The zero-order valence-corrected chi connectivity index (χ0v) is 21.1. The van der Waals surface area contributed by atoms with E-state index in [-0.39, 0.29) is 29.2 Å². The Labute approximate surface area is 209 Å². The first-order chi connectivity index (χ1) is 16.0. The molecule has 1 heterocycles. The van der Waals surface area contributed by atoms with Crippen molar-refractivity contribution in [2.75, 3.05) is 6.54 Å². The van der Waals surface area contributed by atoms with Gasteiger partial charge in [-0.1, -0.05) is 35.4 Å². The summed E-state index contributed by atoms with van der Waals surface area (Å²) in [5.74, 6) is -0.905. The van der Waals surface area contributed by atoms with Gasteiger partial charge in [0.25, 0.3) is 0 Å². The van der Waals surface area contributed by atoms with Gasteiger partial charge in [-0.15, -0.1) is 0 Å². The van der Waals surface area contributed by atoms with Gasteiger partial charge >= 0.3 is 5.97 Å². The average molecular weight is 547 g/mol. The lowest BCUT2D eigenvalue weighted by atomic mass is 10.1. The molecule has 2 aromatic rings. The number of aliphatic carboxylic acids is 1. The Morgan fingerprint density at radius 1 is 1.00 bits per heavy atom. The third-order valence-corrected chi connectivity index (χ3v) is 9.23. The summed E-state index contributed by atoms with van der Waals surface area (Å²) in [6, 6.07) is 10.1. The minimum atomic E-state index is -3.94. The smallest absolute Gasteiger partial charge is 0.303 e. The fourth-order valence-electron chi connectivity index (χ4n) is 3.64. The van der Waals surface area contributed by atoms with Crippen molar-refractivity contribution in [1.29, 1.82) is 0 Å². The number of carboxylic acids is 1. The molecule has 2 aromatic carbocycles. The van der Waals surface area contributed by atoms with Crippen molar-refractivity contribution in [2.24, 2.45) is 0 Å². The fourth-order valence-corrected chi connectivity index (χ4v) is 6.77. The van der Waals surface area contributed by atoms with E-state index < -0.39 is 38.1 Å². The Balaban J connectivity index is 1.82. The number of hydrogen-bond donors (Lipinski definition) is 2. The molecule has 0 unspecified atom stereocenters. The molecule has 3 rings (SSSR count). The van der Waals surface area contributed by atoms with E-state index in [1.54, 1.807) is 12.2 Å². The lowest BCUT2D eigenvalue weighted by Gasteiger charge is -2.22. The van der Waals surface area contributed by atoms with Crippen LogP contribution in [0.2, 0.25) is 10.0 Å². The maximum Gasteiger partial charge on any atom is 0.303 e. The number of carbonyl (C=O) groups is 1. The Bertz CT molecular complexity index is 1250. The van der Waals surface area contributed by atoms with E-state index in [9.17, 15) is 21.6 Å². The van der Waals surface area contributed by atoms with Gasteiger partial charge in [0, 0.05) is 35.1 Å². The topological polar surface area (TPSA) is 121 Å². The van der Waals surface area contributed by atoms with Gasteiger partial charge in [-0.2, -0.15) is 4.31 Å². The number of carboxylic acid groups (broad SMARTS) is 1. The third kappa shape index (κ3) is 6.80. The molecule has 1 fully saturated rings. The van der Waals surface area contributed by atoms with Crippen molar-refractivity contribution < 1.29 is 26.7 Å². The first-order valence-electron chi connectivity index (χ1n) is 10.4. The number of unbranched alkanes of at least 4 members (excludes halogenated alkanes) is 1. The number of benzene rings is 2. The Morgan fingerprint density at radius 3 is 2.12 bits per heavy atom. The van der Waals surface area contributed by atoms with E-state index >= 15 is 0 Å². The molecule has 0 radical (unpaired) electrons. The molecule has 0 saturated carbocycles. The number of sulfonamides is 2.